The highest BCUT2D eigenvalue weighted by atomic mass is 16.4. The van der Waals surface area contributed by atoms with Gasteiger partial charge in [-0.1, -0.05) is 27.7 Å². The third kappa shape index (κ3) is 9.06. The van der Waals surface area contributed by atoms with Crippen LogP contribution in [0.2, 0.25) is 0 Å². The van der Waals surface area contributed by atoms with Gasteiger partial charge in [-0.05, 0) is 6.42 Å². The molecule has 0 fully saturated rings. The zero-order valence-electron chi connectivity index (χ0n) is 10.7. The van der Waals surface area contributed by atoms with Gasteiger partial charge in [0.1, 0.15) is 6.10 Å². The second-order valence-corrected chi connectivity index (χ2v) is 3.70. The second-order valence-electron chi connectivity index (χ2n) is 3.70. The summed E-state index contributed by atoms with van der Waals surface area (Å²) >= 11 is 0. The van der Waals surface area contributed by atoms with Crippen LogP contribution in [0.3, 0.4) is 0 Å². The molecule has 5 nitrogen and oxygen atoms in total. The molecule has 0 saturated carbocycles. The lowest BCUT2D eigenvalue weighted by molar-refractivity contribution is -0.0647. The van der Waals surface area contributed by atoms with Gasteiger partial charge in [0.25, 0.3) is 0 Å². The molecule has 0 aromatic rings. The van der Waals surface area contributed by atoms with E-state index < -0.39 is 18.3 Å². The smallest absolute Gasteiger partial charge is 0.107 e. The van der Waals surface area contributed by atoms with Crippen molar-refractivity contribution < 1.29 is 20.4 Å². The van der Waals surface area contributed by atoms with Gasteiger partial charge in [-0.3, -0.25) is 0 Å². The maximum Gasteiger partial charge on any atom is 0.107 e. The molecule has 0 aliphatic rings. The van der Waals surface area contributed by atoms with Crippen molar-refractivity contribution in [2.24, 2.45) is 0 Å². The number of aliphatic hydroxyl groups is 4. The van der Waals surface area contributed by atoms with Gasteiger partial charge in [0, 0.05) is 19.2 Å². The van der Waals surface area contributed by atoms with Crippen LogP contribution < -0.4 is 5.32 Å². The Bertz CT molecular complexity index is 144. The number of nitrogens with one attached hydrogen (secondary N) is 1. The van der Waals surface area contributed by atoms with E-state index in [2.05, 4.69) is 5.32 Å². The van der Waals surface area contributed by atoms with Crippen LogP contribution in [0.5, 0.6) is 0 Å². The fourth-order valence-electron chi connectivity index (χ4n) is 1.04. The summed E-state index contributed by atoms with van der Waals surface area (Å²) in [6, 6.07) is 0.215. The zero-order valence-corrected chi connectivity index (χ0v) is 10.7. The lowest BCUT2D eigenvalue weighted by atomic mass is 10.1. The number of aliphatic hydroxyl groups excluding tert-OH is 4. The average Bonchev–Trinajstić information content (AvgIpc) is 2.27. The summed E-state index contributed by atoms with van der Waals surface area (Å²) < 4.78 is 0. The van der Waals surface area contributed by atoms with Crippen LogP contribution in [0, 0.1) is 0 Å². The molecule has 0 aliphatic carbocycles. The molecule has 0 bridgehead atoms. The van der Waals surface area contributed by atoms with Crippen molar-refractivity contribution >= 4 is 0 Å². The first kappa shape index (κ1) is 18.2. The normalized spacial score (nSPS) is 16.3. The first-order valence-corrected chi connectivity index (χ1v) is 5.87. The van der Waals surface area contributed by atoms with Crippen LogP contribution in [-0.4, -0.2) is 57.9 Å². The van der Waals surface area contributed by atoms with Gasteiger partial charge in [0.05, 0.1) is 12.2 Å². The highest BCUT2D eigenvalue weighted by Crippen LogP contribution is 2.03. The van der Waals surface area contributed by atoms with E-state index in [1.54, 1.807) is 0 Å². The minimum atomic E-state index is -1.21. The Morgan fingerprint density at radius 1 is 1.00 bits per heavy atom. The van der Waals surface area contributed by atoms with E-state index in [1.807, 2.05) is 27.7 Å². The molecule has 0 aromatic carbocycles. The largest absolute Gasteiger partial charge is 0.396 e. The summed E-state index contributed by atoms with van der Waals surface area (Å²) in [4.78, 5) is 0. The van der Waals surface area contributed by atoms with Gasteiger partial charge in [0.15, 0.2) is 0 Å². The molecule has 16 heavy (non-hydrogen) atoms. The van der Waals surface area contributed by atoms with Gasteiger partial charge in [-0.25, -0.2) is 0 Å². The third-order valence-corrected chi connectivity index (χ3v) is 1.95. The summed E-state index contributed by atoms with van der Waals surface area (Å²) in [5.74, 6) is 0. The van der Waals surface area contributed by atoms with E-state index in [4.69, 9.17) is 5.11 Å². The Balaban J connectivity index is 0. The molecule has 0 aliphatic heterocycles. The minimum Gasteiger partial charge on any atom is -0.396 e. The summed E-state index contributed by atoms with van der Waals surface area (Å²) in [7, 11) is 0. The van der Waals surface area contributed by atoms with Crippen molar-refractivity contribution in [2.45, 2.75) is 58.5 Å². The molecule has 0 rings (SSSR count). The van der Waals surface area contributed by atoms with Crippen molar-refractivity contribution in [1.29, 1.82) is 0 Å². The zero-order chi connectivity index (χ0) is 13.1. The summed E-state index contributed by atoms with van der Waals surface area (Å²) in [5, 5.41) is 39.5. The molecule has 0 saturated heterocycles. The molecule has 100 valence electrons. The molecular weight excluding hydrogens is 210 g/mol. The molecule has 0 spiro atoms. The van der Waals surface area contributed by atoms with Gasteiger partial charge in [-0.15, -0.1) is 0 Å². The monoisotopic (exact) mass is 237 g/mol. The Morgan fingerprint density at radius 2 is 1.50 bits per heavy atom. The van der Waals surface area contributed by atoms with Gasteiger partial charge < -0.3 is 25.7 Å². The summed E-state index contributed by atoms with van der Waals surface area (Å²) in [6.07, 6.45) is -3.24. The van der Waals surface area contributed by atoms with Gasteiger partial charge in [-0.2, -0.15) is 0 Å². The van der Waals surface area contributed by atoms with Crippen LogP contribution in [-0.2, 0) is 0 Å². The van der Waals surface area contributed by atoms with E-state index in [-0.39, 0.29) is 25.6 Å². The highest BCUT2D eigenvalue weighted by Gasteiger charge is 2.23. The van der Waals surface area contributed by atoms with E-state index in [9.17, 15) is 15.3 Å². The van der Waals surface area contributed by atoms with Crippen molar-refractivity contribution in [3.63, 3.8) is 0 Å². The van der Waals surface area contributed by atoms with Crippen molar-refractivity contribution in [1.82, 2.24) is 5.32 Å². The number of hydrogen-bond acceptors (Lipinski definition) is 5. The number of rotatable bonds is 7. The first-order valence-electron chi connectivity index (χ1n) is 5.87. The lowest BCUT2D eigenvalue weighted by Gasteiger charge is -2.23. The van der Waals surface area contributed by atoms with E-state index in [0.29, 0.717) is 0 Å². The maximum absolute atomic E-state index is 9.41. The van der Waals surface area contributed by atoms with Gasteiger partial charge >= 0.3 is 0 Å². The summed E-state index contributed by atoms with van der Waals surface area (Å²) in [6.45, 7) is 7.86. The molecule has 3 unspecified atom stereocenters. The molecule has 0 radical (unpaired) electrons. The topological polar surface area (TPSA) is 93.0 Å². The van der Waals surface area contributed by atoms with Crippen molar-refractivity contribution in [3.8, 4) is 0 Å². The standard InChI is InChI=1S/C9H21NO4.C2H6/c1-6(2)10-5-8(13)9(14)7(12)3-4-11;1-2/h6-14H,3-5H2,1-2H3;1-2H3. The van der Waals surface area contributed by atoms with Gasteiger partial charge in [0.2, 0.25) is 0 Å². The molecular formula is C11H27NO4. The average molecular weight is 237 g/mol. The highest BCUT2D eigenvalue weighted by molar-refractivity contribution is 4.77. The molecule has 0 heterocycles. The van der Waals surface area contributed by atoms with Crippen LogP contribution >= 0.6 is 0 Å². The van der Waals surface area contributed by atoms with Crippen LogP contribution in [0.4, 0.5) is 0 Å². The molecule has 5 N–H and O–H groups in total. The maximum atomic E-state index is 9.41. The van der Waals surface area contributed by atoms with E-state index >= 15 is 0 Å². The Labute approximate surface area is 98.1 Å². The fourth-order valence-corrected chi connectivity index (χ4v) is 1.04. The Morgan fingerprint density at radius 3 is 1.88 bits per heavy atom. The Hall–Kier alpha value is -0.200. The fraction of sp³-hybridized carbons (Fsp3) is 1.00. The van der Waals surface area contributed by atoms with Crippen LogP contribution in [0.25, 0.3) is 0 Å². The van der Waals surface area contributed by atoms with Crippen LogP contribution in [0.1, 0.15) is 34.1 Å². The molecule has 0 amide bonds. The van der Waals surface area contributed by atoms with Crippen molar-refractivity contribution in [3.05, 3.63) is 0 Å². The summed E-state index contributed by atoms with van der Waals surface area (Å²) in [5.41, 5.74) is 0. The minimum absolute atomic E-state index is 0.0694. The SMILES string of the molecule is CC.CC(C)NCC(O)C(O)C(O)CCO. The third-order valence-electron chi connectivity index (χ3n) is 1.95. The molecule has 5 heteroatoms. The van der Waals surface area contributed by atoms with Crippen molar-refractivity contribution in [2.75, 3.05) is 13.2 Å². The predicted octanol–water partition coefficient (Wildman–Crippen LogP) is -0.524. The Kier molecular flexibility index (Phi) is 12.8. The number of hydrogen-bond donors (Lipinski definition) is 5. The molecule has 0 aromatic heterocycles. The quantitative estimate of drug-likeness (QED) is 0.411. The lowest BCUT2D eigenvalue weighted by Crippen LogP contribution is -2.44. The second kappa shape index (κ2) is 11.3. The van der Waals surface area contributed by atoms with E-state index in [0.717, 1.165) is 0 Å². The van der Waals surface area contributed by atoms with Crippen LogP contribution in [0.15, 0.2) is 0 Å². The molecule has 3 atom stereocenters. The first-order chi connectivity index (χ1) is 7.49. The van der Waals surface area contributed by atoms with E-state index in [1.165, 1.54) is 0 Å². The predicted molar refractivity (Wildman–Crippen MR) is 64.2 cm³/mol.